The Kier molecular flexibility index (Phi) is 19.2. The van der Waals surface area contributed by atoms with Crippen LogP contribution in [0.1, 0.15) is 99.2 Å². The Morgan fingerprint density at radius 1 is 0.605 bits per heavy atom. The Balaban J connectivity index is 0.612. The summed E-state index contributed by atoms with van der Waals surface area (Å²) >= 11 is 0. The molecular weight excluding hydrogens is 1090 g/mol. The van der Waals surface area contributed by atoms with Crippen LogP contribution >= 0.6 is 0 Å². The Morgan fingerprint density at radius 3 is 1.53 bits per heavy atom. The van der Waals surface area contributed by atoms with E-state index in [1.54, 1.807) is 24.3 Å². The van der Waals surface area contributed by atoms with E-state index in [2.05, 4.69) is 106 Å². The van der Waals surface area contributed by atoms with Gasteiger partial charge in [-0.3, -0.25) is 38.8 Å². The van der Waals surface area contributed by atoms with Gasteiger partial charge in [-0.15, -0.1) is 0 Å². The van der Waals surface area contributed by atoms with Crippen molar-refractivity contribution in [3.8, 4) is 0 Å². The molecule has 6 aliphatic heterocycles. The lowest BCUT2D eigenvalue weighted by atomic mass is 9.91. The van der Waals surface area contributed by atoms with Crippen molar-refractivity contribution in [3.63, 3.8) is 0 Å². The number of nitrogens with zero attached hydrogens (tertiary/aromatic N) is 6. The van der Waals surface area contributed by atoms with Gasteiger partial charge in [0, 0.05) is 149 Å². The van der Waals surface area contributed by atoms with Crippen molar-refractivity contribution in [1.29, 1.82) is 0 Å². The number of halogens is 2. The van der Waals surface area contributed by atoms with Gasteiger partial charge in [0.1, 0.15) is 11.6 Å². The summed E-state index contributed by atoms with van der Waals surface area (Å²) in [5, 5.41) is 7.32. The zero-order valence-electron chi connectivity index (χ0n) is 51.1. The van der Waals surface area contributed by atoms with E-state index in [4.69, 9.17) is 14.2 Å². The topological polar surface area (TPSA) is 171 Å². The molecule has 0 bridgehead atoms. The number of pyridine rings is 2. The number of morpholine rings is 2. The number of ether oxygens (including phenoxy) is 3. The molecule has 86 heavy (non-hydrogen) atoms. The Hall–Kier alpha value is -6.00. The second-order valence-corrected chi connectivity index (χ2v) is 26.6. The lowest BCUT2D eigenvalue weighted by molar-refractivity contribution is -0.121. The van der Waals surface area contributed by atoms with Crippen molar-refractivity contribution in [1.82, 2.24) is 40.2 Å². The van der Waals surface area contributed by atoms with Gasteiger partial charge in [0.15, 0.2) is 0 Å². The normalized spacial score (nSPS) is 24.5. The molecule has 6 atom stereocenters. The first-order valence-corrected chi connectivity index (χ1v) is 31.2. The maximum Gasteiger partial charge on any atom is 0.251 e. The number of hydrogen-bond acceptors (Lipinski definition) is 13. The van der Waals surface area contributed by atoms with Gasteiger partial charge in [-0.1, -0.05) is 76.2 Å². The van der Waals surface area contributed by atoms with E-state index in [9.17, 15) is 28.0 Å². The number of rotatable bonds is 20. The third kappa shape index (κ3) is 14.9. The summed E-state index contributed by atoms with van der Waals surface area (Å²) in [5.41, 5.74) is 6.98. The molecule has 0 unspecified atom stereocenters. The second-order valence-electron chi connectivity index (χ2n) is 26.6. The first-order valence-electron chi connectivity index (χ1n) is 31.2. The third-order valence-corrected chi connectivity index (χ3v) is 18.6. The molecule has 11 rings (SSSR count). The number of fused-ring (bicyclic) bond motifs is 2. The molecule has 0 aliphatic carbocycles. The van der Waals surface area contributed by atoms with E-state index in [0.29, 0.717) is 63.5 Å². The maximum atomic E-state index is 14.4. The van der Waals surface area contributed by atoms with E-state index in [1.165, 1.54) is 29.8 Å². The fraction of sp³-hybridized carbons (Fsp3) is 0.552. The van der Waals surface area contributed by atoms with E-state index >= 15 is 0 Å². The van der Waals surface area contributed by atoms with Gasteiger partial charge in [0.2, 0.25) is 11.8 Å². The molecule has 4 N–H and O–H groups in total. The average molecular weight is 1180 g/mol. The highest BCUT2D eigenvalue weighted by atomic mass is 19.1. The highest BCUT2D eigenvalue weighted by molar-refractivity contribution is 5.98. The van der Waals surface area contributed by atoms with Gasteiger partial charge < -0.3 is 44.6 Å². The summed E-state index contributed by atoms with van der Waals surface area (Å²) < 4.78 is 46.1. The zero-order valence-corrected chi connectivity index (χ0v) is 51.1. The van der Waals surface area contributed by atoms with Crippen LogP contribution in [0.4, 0.5) is 20.2 Å². The predicted octanol–water partition coefficient (Wildman–Crippen LogP) is 5.74. The lowest BCUT2D eigenvalue weighted by Crippen LogP contribution is -2.61. The molecule has 4 fully saturated rings. The van der Waals surface area contributed by atoms with E-state index < -0.39 is 10.8 Å². The van der Waals surface area contributed by atoms with E-state index in [1.807, 2.05) is 21.9 Å². The molecule has 8 heterocycles. The molecule has 19 heteroatoms. The van der Waals surface area contributed by atoms with Crippen LogP contribution in [0.5, 0.6) is 0 Å². The minimum Gasteiger partial charge on any atom is -0.376 e. The van der Waals surface area contributed by atoms with Crippen molar-refractivity contribution in [2.24, 2.45) is 0 Å². The largest absolute Gasteiger partial charge is 0.376 e. The standard InChI is InChI=1S/C67H88F2N10O7/c1-44-32-76(38-60(80)78-42-66(3,4)62-58(78)28-50(64(82)72-62)26-47-14-18-52(68)19-15-47)54(30-70-44)34-74-22-24-85-56(36-74)9-7-8-46-10-12-49(13-11-46)40-84-41-57-37-75(23-25-86-57)35-55-31-71-45(2)33-77(55)39-61(81)79-43-67(5,6)63-59(79)29-51(65(83)73-63)27-48-16-20-53(69)21-17-48/h10-21,28-29,44-45,54-57,70-71H,7-9,22-27,30-43H2,1-6H3,(H,72,82)(H,73,83)/t44-,45-,54-,55-,56-,57+/m1/s1. The molecule has 0 saturated carbocycles. The molecule has 17 nitrogen and oxygen atoms in total. The Labute approximate surface area is 504 Å². The predicted molar refractivity (Wildman–Crippen MR) is 330 cm³/mol. The number of hydrogen-bond donors (Lipinski definition) is 4. The van der Waals surface area contributed by atoms with Crippen LogP contribution in [0.3, 0.4) is 0 Å². The number of aromatic amines is 2. The van der Waals surface area contributed by atoms with Gasteiger partial charge in [-0.05, 0) is 91.8 Å². The Morgan fingerprint density at radius 2 is 1.05 bits per heavy atom. The molecule has 4 saturated heterocycles. The number of anilines is 2. The van der Waals surface area contributed by atoms with E-state index in [-0.39, 0.29) is 84.0 Å². The molecule has 3 aromatic carbocycles. The molecule has 6 aliphatic rings. The number of carbonyl (C=O) groups is 2. The van der Waals surface area contributed by atoms with Crippen LogP contribution in [-0.4, -0.2) is 189 Å². The highest BCUT2D eigenvalue weighted by Crippen LogP contribution is 2.41. The summed E-state index contributed by atoms with van der Waals surface area (Å²) in [6.45, 7) is 24.3. The van der Waals surface area contributed by atoms with Gasteiger partial charge in [-0.2, -0.15) is 0 Å². The number of aromatic nitrogens is 2. The van der Waals surface area contributed by atoms with Gasteiger partial charge in [-0.25, -0.2) is 8.78 Å². The number of nitrogens with one attached hydrogen (secondary N) is 4. The van der Waals surface area contributed by atoms with Crippen molar-refractivity contribution in [2.45, 2.75) is 127 Å². The lowest BCUT2D eigenvalue weighted by Gasteiger charge is -2.43. The van der Waals surface area contributed by atoms with Crippen molar-refractivity contribution in [3.05, 3.63) is 162 Å². The van der Waals surface area contributed by atoms with Gasteiger partial charge in [0.25, 0.3) is 11.1 Å². The number of piperazine rings is 2. The molecule has 2 amide bonds. The van der Waals surface area contributed by atoms with Crippen molar-refractivity contribution >= 4 is 23.2 Å². The molecule has 0 spiro atoms. The molecule has 2 aromatic heterocycles. The number of benzene rings is 3. The first-order chi connectivity index (χ1) is 41.3. The molecule has 5 aromatic rings. The number of aryl methyl sites for hydroxylation is 1. The summed E-state index contributed by atoms with van der Waals surface area (Å²) in [6, 6.07) is 25.6. The minimum atomic E-state index is -0.427. The Bertz CT molecular complexity index is 3070. The van der Waals surface area contributed by atoms with Gasteiger partial charge >= 0.3 is 0 Å². The molecule has 462 valence electrons. The monoisotopic (exact) mass is 1180 g/mol. The number of amides is 2. The van der Waals surface area contributed by atoms with Crippen molar-refractivity contribution in [2.75, 3.05) is 121 Å². The molecular formula is C67H88F2N10O7. The van der Waals surface area contributed by atoms with Crippen LogP contribution in [0.15, 0.2) is 94.5 Å². The fourth-order valence-corrected chi connectivity index (χ4v) is 13.8. The SMILES string of the molecule is C[C@@H]1CN(CC(=O)N2CC(C)(C)c3[nH]c(=O)c(Cc4ccc(F)cc4)cc32)[C@@H](CN2CCO[C@H](CCCc3ccc(COC[C@@H]4CN(C[C@H]5CN[C@H](C)CN5CC(=O)N5CC(C)(C)c6[nH]c(=O)c(Cc7ccc(F)cc7)cc65)CCO4)cc3)C2)CN1. The maximum absolute atomic E-state index is 14.4. The van der Waals surface area contributed by atoms with Gasteiger partial charge in [0.05, 0.1) is 63.1 Å². The second kappa shape index (κ2) is 26.8. The minimum absolute atomic E-state index is 0.00729. The fourth-order valence-electron chi connectivity index (χ4n) is 13.8. The summed E-state index contributed by atoms with van der Waals surface area (Å²) in [7, 11) is 0. The zero-order chi connectivity index (χ0) is 60.3. The quantitative estimate of drug-likeness (QED) is 0.0746. The highest BCUT2D eigenvalue weighted by Gasteiger charge is 2.43. The van der Waals surface area contributed by atoms with Crippen LogP contribution in [-0.2, 0) is 60.5 Å². The average Bonchev–Trinajstić information content (AvgIpc) is 2.00. The van der Waals surface area contributed by atoms with Crippen LogP contribution in [0.2, 0.25) is 0 Å². The van der Waals surface area contributed by atoms with Crippen LogP contribution in [0, 0.1) is 11.6 Å². The summed E-state index contributed by atoms with van der Waals surface area (Å²) in [6.07, 6.45) is 3.69. The van der Waals surface area contributed by atoms with Crippen molar-refractivity contribution < 1.29 is 32.6 Å². The summed E-state index contributed by atoms with van der Waals surface area (Å²) in [5.74, 6) is -0.621. The number of carbonyl (C=O) groups excluding carboxylic acids is 2. The third-order valence-electron chi connectivity index (χ3n) is 18.6. The van der Waals surface area contributed by atoms with E-state index in [0.717, 1.165) is 124 Å². The molecule has 0 radical (unpaired) electrons. The smallest absolute Gasteiger partial charge is 0.251 e. The summed E-state index contributed by atoms with van der Waals surface area (Å²) in [4.78, 5) is 74.8. The van der Waals surface area contributed by atoms with Crippen LogP contribution < -0.4 is 31.6 Å². The first kappa shape index (κ1) is 61.6. The van der Waals surface area contributed by atoms with Crippen LogP contribution in [0.25, 0.3) is 0 Å². The number of H-pyrrole nitrogens is 2.